The van der Waals surface area contributed by atoms with Gasteiger partial charge in [-0.15, -0.1) is 0 Å². The molecule has 158 valence electrons. The summed E-state index contributed by atoms with van der Waals surface area (Å²) in [5, 5.41) is 12.4. The fourth-order valence-electron chi connectivity index (χ4n) is 2.95. The summed E-state index contributed by atoms with van der Waals surface area (Å²) in [7, 11) is 0. The second-order valence-corrected chi connectivity index (χ2v) is 7.99. The molecule has 2 N–H and O–H groups in total. The van der Waals surface area contributed by atoms with Crippen molar-refractivity contribution in [2.24, 2.45) is 0 Å². The topological polar surface area (TPSA) is 62.2 Å². The molecule has 0 aliphatic heterocycles. The van der Waals surface area contributed by atoms with Gasteiger partial charge in [0.25, 0.3) is 0 Å². The predicted molar refractivity (Wildman–Crippen MR) is 133 cm³/mol. The number of anilines is 1. The van der Waals surface area contributed by atoms with Gasteiger partial charge in [0.05, 0.1) is 5.69 Å². The average Bonchev–Trinajstić information content (AvgIpc) is 2.80. The van der Waals surface area contributed by atoms with Crippen LogP contribution in [-0.4, -0.2) is 34.1 Å². The third-order valence-electron chi connectivity index (χ3n) is 4.65. The number of nitrogens with one attached hydrogen (secondary N) is 1. The minimum atomic E-state index is -0.863. The van der Waals surface area contributed by atoms with Crippen LogP contribution in [0.15, 0.2) is 72.8 Å². The largest absolute Gasteiger partial charge is 0.480 e. The van der Waals surface area contributed by atoms with Gasteiger partial charge in [-0.1, -0.05) is 78.9 Å². The van der Waals surface area contributed by atoms with Crippen LogP contribution in [0.4, 0.5) is 5.82 Å². The molecule has 0 amide bonds. The number of carbonyl (C=O) groups is 1. The number of aliphatic carboxylic acids is 1. The van der Waals surface area contributed by atoms with E-state index in [2.05, 4.69) is 58.9 Å². The Morgan fingerprint density at radius 1 is 0.903 bits per heavy atom. The molecule has 0 saturated heterocycles. The van der Waals surface area contributed by atoms with E-state index in [-0.39, 0.29) is 0 Å². The number of hydrogen-bond acceptors (Lipinski definition) is 4. The quantitative estimate of drug-likeness (QED) is 0.384. The van der Waals surface area contributed by atoms with Crippen molar-refractivity contribution in [2.75, 3.05) is 17.3 Å². The van der Waals surface area contributed by atoms with E-state index in [1.807, 2.05) is 48.7 Å². The summed E-state index contributed by atoms with van der Waals surface area (Å²) in [5.74, 6) is 0.482. The molecular weight excluding hydrogens is 404 g/mol. The molecule has 1 aromatic heterocycles. The summed E-state index contributed by atoms with van der Waals surface area (Å²) in [5.41, 5.74) is 4.15. The van der Waals surface area contributed by atoms with E-state index in [0.29, 0.717) is 12.2 Å². The van der Waals surface area contributed by atoms with E-state index in [0.717, 1.165) is 22.6 Å². The van der Waals surface area contributed by atoms with E-state index < -0.39 is 12.0 Å². The van der Waals surface area contributed by atoms with Crippen molar-refractivity contribution in [3.05, 3.63) is 95.2 Å². The maximum Gasteiger partial charge on any atom is 0.326 e. The first-order chi connectivity index (χ1) is 15.1. The summed E-state index contributed by atoms with van der Waals surface area (Å²) in [6, 6.07) is 23.4. The summed E-state index contributed by atoms with van der Waals surface area (Å²) >= 11 is 1.63. The minimum absolute atomic E-state index is 0.545. The number of carboxylic acid groups (broad SMARTS) is 1. The van der Waals surface area contributed by atoms with Crippen LogP contribution in [0.1, 0.15) is 28.8 Å². The summed E-state index contributed by atoms with van der Waals surface area (Å²) in [4.78, 5) is 16.0. The molecule has 1 heterocycles. The predicted octanol–water partition coefficient (Wildman–Crippen LogP) is 6.04. The van der Waals surface area contributed by atoms with Crippen molar-refractivity contribution in [1.29, 1.82) is 0 Å². The van der Waals surface area contributed by atoms with Crippen LogP contribution in [-0.2, 0) is 4.79 Å². The van der Waals surface area contributed by atoms with Gasteiger partial charge in [0, 0.05) is 0 Å². The Morgan fingerprint density at radius 2 is 1.52 bits per heavy atom. The number of hydrogen-bond donors (Lipinski definition) is 2. The Kier molecular flexibility index (Phi) is 8.49. The lowest BCUT2D eigenvalue weighted by Gasteiger charge is -2.14. The number of nitrogens with zero attached hydrogens (tertiary/aromatic N) is 1. The molecule has 2 aromatic carbocycles. The Hall–Kier alpha value is -3.31. The molecule has 1 atom stereocenters. The molecule has 31 heavy (non-hydrogen) atoms. The molecule has 5 heteroatoms. The number of aromatic nitrogens is 1. The fraction of sp³-hybridized carbons (Fsp3) is 0.154. The molecule has 0 aliphatic rings. The molecular formula is C26H26N2O2S. The second-order valence-electron chi connectivity index (χ2n) is 7.01. The van der Waals surface area contributed by atoms with Gasteiger partial charge in [0.1, 0.15) is 11.9 Å². The average molecular weight is 431 g/mol. The van der Waals surface area contributed by atoms with Crippen LogP contribution in [0.5, 0.6) is 0 Å². The Labute approximate surface area is 187 Å². The zero-order chi connectivity index (χ0) is 21.9. The van der Waals surface area contributed by atoms with Crippen LogP contribution in [0.3, 0.4) is 0 Å². The standard InChI is InChI=1S/C26H26N2O2S/c1-31-19-18-24(26(29)30)28-25-9-5-8-23(27-25)17-16-22-14-12-21(13-15-22)11-10-20-6-3-2-4-7-20/h2-17,24H,18-19H2,1H3,(H,27,28)(H,29,30)/b11-10+,17-16+/t24-/m0/s1. The zero-order valence-electron chi connectivity index (χ0n) is 17.4. The number of benzene rings is 2. The SMILES string of the molecule is CSCC[C@H](Nc1cccc(/C=C/c2ccc(/C=C/c3ccccc3)cc2)n1)C(=O)O. The summed E-state index contributed by atoms with van der Waals surface area (Å²) in [6.45, 7) is 0. The molecule has 3 aromatic rings. The van der Waals surface area contributed by atoms with Gasteiger partial charge >= 0.3 is 5.97 Å². The van der Waals surface area contributed by atoms with Crippen LogP contribution in [0.2, 0.25) is 0 Å². The molecule has 4 nitrogen and oxygen atoms in total. The third kappa shape index (κ3) is 7.46. The lowest BCUT2D eigenvalue weighted by Crippen LogP contribution is -2.30. The number of pyridine rings is 1. The van der Waals surface area contributed by atoms with Crippen LogP contribution in [0.25, 0.3) is 24.3 Å². The van der Waals surface area contributed by atoms with Crippen molar-refractivity contribution < 1.29 is 9.90 Å². The van der Waals surface area contributed by atoms with Crippen LogP contribution in [0, 0.1) is 0 Å². The van der Waals surface area contributed by atoms with Crippen molar-refractivity contribution >= 4 is 47.9 Å². The molecule has 0 saturated carbocycles. The number of rotatable bonds is 10. The van der Waals surface area contributed by atoms with Gasteiger partial charge in [-0.25, -0.2) is 9.78 Å². The van der Waals surface area contributed by atoms with Crippen molar-refractivity contribution in [1.82, 2.24) is 4.98 Å². The van der Waals surface area contributed by atoms with Gasteiger partial charge in [-0.3, -0.25) is 0 Å². The normalized spacial score (nSPS) is 12.3. The third-order valence-corrected chi connectivity index (χ3v) is 5.30. The number of thioether (sulfide) groups is 1. The molecule has 0 radical (unpaired) electrons. The second kappa shape index (κ2) is 11.8. The first-order valence-corrected chi connectivity index (χ1v) is 11.5. The lowest BCUT2D eigenvalue weighted by molar-refractivity contribution is -0.137. The molecule has 0 fully saturated rings. The van der Waals surface area contributed by atoms with Crippen LogP contribution < -0.4 is 5.32 Å². The summed E-state index contributed by atoms with van der Waals surface area (Å²) in [6.07, 6.45) is 10.6. The highest BCUT2D eigenvalue weighted by atomic mass is 32.2. The fourth-order valence-corrected chi connectivity index (χ4v) is 3.42. The zero-order valence-corrected chi connectivity index (χ0v) is 18.3. The summed E-state index contributed by atoms with van der Waals surface area (Å²) < 4.78 is 0. The maximum absolute atomic E-state index is 11.4. The van der Waals surface area contributed by atoms with E-state index in [4.69, 9.17) is 0 Å². The van der Waals surface area contributed by atoms with Crippen molar-refractivity contribution in [3.63, 3.8) is 0 Å². The van der Waals surface area contributed by atoms with E-state index >= 15 is 0 Å². The highest BCUT2D eigenvalue weighted by molar-refractivity contribution is 7.98. The Bertz CT molecular complexity index is 1030. The first-order valence-electron chi connectivity index (χ1n) is 10.1. The first kappa shape index (κ1) is 22.4. The van der Waals surface area contributed by atoms with Gasteiger partial charge in [-0.2, -0.15) is 11.8 Å². The molecule has 0 bridgehead atoms. The maximum atomic E-state index is 11.4. The number of carboxylic acids is 1. The Balaban J connectivity index is 1.63. The van der Waals surface area contributed by atoms with Crippen molar-refractivity contribution in [3.8, 4) is 0 Å². The molecule has 0 unspecified atom stereocenters. The van der Waals surface area contributed by atoms with Crippen molar-refractivity contribution in [2.45, 2.75) is 12.5 Å². The molecule has 0 spiro atoms. The monoisotopic (exact) mass is 430 g/mol. The smallest absolute Gasteiger partial charge is 0.326 e. The minimum Gasteiger partial charge on any atom is -0.480 e. The van der Waals surface area contributed by atoms with E-state index in [1.165, 1.54) is 5.56 Å². The van der Waals surface area contributed by atoms with Gasteiger partial charge < -0.3 is 10.4 Å². The van der Waals surface area contributed by atoms with E-state index in [9.17, 15) is 9.90 Å². The highest BCUT2D eigenvalue weighted by Crippen LogP contribution is 2.14. The Morgan fingerprint density at radius 3 is 2.13 bits per heavy atom. The molecule has 0 aliphatic carbocycles. The lowest BCUT2D eigenvalue weighted by atomic mass is 10.1. The molecule has 3 rings (SSSR count). The van der Waals surface area contributed by atoms with Crippen LogP contribution >= 0.6 is 11.8 Å². The van der Waals surface area contributed by atoms with Gasteiger partial charge in [0.2, 0.25) is 0 Å². The van der Waals surface area contributed by atoms with Gasteiger partial charge in [0.15, 0.2) is 0 Å². The van der Waals surface area contributed by atoms with E-state index in [1.54, 1.807) is 17.8 Å². The van der Waals surface area contributed by atoms with Gasteiger partial charge in [-0.05, 0) is 53.3 Å². The highest BCUT2D eigenvalue weighted by Gasteiger charge is 2.16.